The molecule has 94 valence electrons. The lowest BCUT2D eigenvalue weighted by Crippen LogP contribution is -1.96. The van der Waals surface area contributed by atoms with E-state index in [1.807, 2.05) is 29.9 Å². The number of rotatable bonds is 3. The molecule has 1 aliphatic heterocycles. The Bertz CT molecular complexity index is 381. The Morgan fingerprint density at radius 3 is 1.65 bits per heavy atom. The largest absolute Gasteiger partial charge is 0.342 e. The highest BCUT2D eigenvalue weighted by Gasteiger charge is 2.29. The molecule has 4 heteroatoms. The van der Waals surface area contributed by atoms with E-state index in [0.29, 0.717) is 11.8 Å². The predicted octanol–water partition coefficient (Wildman–Crippen LogP) is 6.00. The Kier molecular flexibility index (Phi) is 4.46. The second kappa shape index (κ2) is 5.52. The van der Waals surface area contributed by atoms with Gasteiger partial charge in [0.05, 0.1) is 0 Å². The van der Waals surface area contributed by atoms with Gasteiger partial charge in [0.2, 0.25) is 0 Å². The van der Waals surface area contributed by atoms with Crippen LogP contribution in [0.2, 0.25) is 0 Å². The van der Waals surface area contributed by atoms with E-state index in [1.165, 1.54) is 20.9 Å². The lowest BCUT2D eigenvalue weighted by molar-refractivity contribution is 0.482. The quantitative estimate of drug-likeness (QED) is 0.630. The normalized spacial score (nSPS) is 15.9. The van der Waals surface area contributed by atoms with Crippen molar-refractivity contribution in [3.63, 3.8) is 0 Å². The van der Waals surface area contributed by atoms with E-state index in [9.17, 15) is 0 Å². The minimum Gasteiger partial charge on any atom is -0.342 e. The van der Waals surface area contributed by atoms with Crippen LogP contribution in [0, 0.1) is 0 Å². The number of fused-ring (bicyclic) bond motifs is 1. The van der Waals surface area contributed by atoms with Gasteiger partial charge in [0, 0.05) is 16.9 Å². The van der Waals surface area contributed by atoms with E-state index in [2.05, 4.69) is 39.8 Å². The molecule has 0 spiro atoms. The molecule has 1 aliphatic rings. The van der Waals surface area contributed by atoms with Crippen molar-refractivity contribution in [3.05, 3.63) is 23.3 Å². The zero-order chi connectivity index (χ0) is 12.6. The molecular weight excluding hydrogens is 267 g/mol. The first-order chi connectivity index (χ1) is 8.04. The van der Waals surface area contributed by atoms with Gasteiger partial charge in [-0.25, -0.2) is 0 Å². The zero-order valence-corrected chi connectivity index (χ0v) is 13.5. The van der Waals surface area contributed by atoms with Crippen LogP contribution in [-0.2, 0) is 4.52 Å². The molecule has 2 rings (SSSR count). The van der Waals surface area contributed by atoms with Crippen molar-refractivity contribution in [2.24, 2.45) is 0 Å². The highest BCUT2D eigenvalue weighted by molar-refractivity contribution is 8.88. The monoisotopic (exact) mass is 286 g/mol. The van der Waals surface area contributed by atoms with Crippen LogP contribution in [0.3, 0.4) is 0 Å². The van der Waals surface area contributed by atoms with Gasteiger partial charge in [0.25, 0.3) is 0 Å². The Balaban J connectivity index is 2.49. The number of benzene rings is 1. The smallest absolute Gasteiger partial charge is 0.161 e. The van der Waals surface area contributed by atoms with E-state index in [1.54, 1.807) is 0 Å². The molecule has 0 saturated carbocycles. The summed E-state index contributed by atoms with van der Waals surface area (Å²) in [5.41, 5.74) is 2.95. The molecule has 1 heterocycles. The van der Waals surface area contributed by atoms with E-state index in [0.717, 1.165) is 0 Å². The van der Waals surface area contributed by atoms with Gasteiger partial charge < -0.3 is 4.52 Å². The third-order valence-corrected chi connectivity index (χ3v) is 9.09. The predicted molar refractivity (Wildman–Crippen MR) is 80.3 cm³/mol. The Labute approximate surface area is 113 Å². The van der Waals surface area contributed by atoms with Gasteiger partial charge in [-0.3, -0.25) is 0 Å². The second-order valence-electron chi connectivity index (χ2n) is 4.80. The van der Waals surface area contributed by atoms with Crippen molar-refractivity contribution in [2.45, 2.75) is 49.3 Å². The summed E-state index contributed by atoms with van der Waals surface area (Å²) in [7, 11) is 1.82. The van der Waals surface area contributed by atoms with Crippen LogP contribution in [0.4, 0.5) is 0 Å². The molecule has 0 aliphatic carbocycles. The summed E-state index contributed by atoms with van der Waals surface area (Å²) in [5.74, 6) is 1.18. The van der Waals surface area contributed by atoms with Gasteiger partial charge in [-0.05, 0) is 23.0 Å². The summed E-state index contributed by atoms with van der Waals surface area (Å²) in [6, 6.07) is 4.61. The highest BCUT2D eigenvalue weighted by atomic mass is 33.1. The first-order valence-corrected chi connectivity index (χ1v) is 10.0. The van der Waals surface area contributed by atoms with E-state index in [4.69, 9.17) is 4.52 Å². The summed E-state index contributed by atoms with van der Waals surface area (Å²) >= 11 is 3.86. The summed E-state index contributed by atoms with van der Waals surface area (Å²) in [6.07, 6.45) is 0. The maximum absolute atomic E-state index is 5.55. The summed E-state index contributed by atoms with van der Waals surface area (Å²) in [6.45, 7) is 8.65. The van der Waals surface area contributed by atoms with E-state index >= 15 is 0 Å². The molecular formula is C13H19OPS2. The van der Waals surface area contributed by atoms with Crippen LogP contribution in [-0.4, -0.2) is 7.11 Å². The van der Waals surface area contributed by atoms with Crippen molar-refractivity contribution in [1.82, 2.24) is 0 Å². The van der Waals surface area contributed by atoms with Crippen molar-refractivity contribution in [3.8, 4) is 0 Å². The molecule has 0 fully saturated rings. The highest BCUT2D eigenvalue weighted by Crippen LogP contribution is 2.75. The third kappa shape index (κ3) is 2.68. The molecule has 1 aromatic rings. The average Bonchev–Trinajstić information content (AvgIpc) is 2.70. The maximum atomic E-state index is 5.55. The Morgan fingerprint density at radius 2 is 1.35 bits per heavy atom. The van der Waals surface area contributed by atoms with Crippen LogP contribution in [0.15, 0.2) is 21.9 Å². The molecule has 0 unspecified atom stereocenters. The van der Waals surface area contributed by atoms with Crippen LogP contribution in [0.5, 0.6) is 0 Å². The molecule has 17 heavy (non-hydrogen) atoms. The maximum Gasteiger partial charge on any atom is 0.161 e. The van der Waals surface area contributed by atoms with Crippen LogP contribution in [0.1, 0.15) is 50.7 Å². The summed E-state index contributed by atoms with van der Waals surface area (Å²) in [5, 5.41) is 0. The van der Waals surface area contributed by atoms with Gasteiger partial charge in [0.1, 0.15) is 0 Å². The molecule has 0 N–H and O–H groups in total. The number of hydrogen-bond acceptors (Lipinski definition) is 3. The first kappa shape index (κ1) is 13.7. The average molecular weight is 286 g/mol. The van der Waals surface area contributed by atoms with Crippen molar-refractivity contribution < 1.29 is 4.52 Å². The van der Waals surface area contributed by atoms with Gasteiger partial charge in [0.15, 0.2) is 6.55 Å². The summed E-state index contributed by atoms with van der Waals surface area (Å²) < 4.78 is 5.55. The molecule has 0 amide bonds. The number of hydrogen-bond donors (Lipinski definition) is 0. The Hall–Kier alpha value is 0.310. The van der Waals surface area contributed by atoms with E-state index < -0.39 is 6.55 Å². The molecule has 1 nitrogen and oxygen atoms in total. The minimum absolute atomic E-state index is 0.418. The zero-order valence-electron chi connectivity index (χ0n) is 11.0. The Morgan fingerprint density at radius 1 is 0.941 bits per heavy atom. The fourth-order valence-corrected chi connectivity index (χ4v) is 8.57. The van der Waals surface area contributed by atoms with E-state index in [-0.39, 0.29) is 0 Å². The molecule has 0 atom stereocenters. The van der Waals surface area contributed by atoms with Crippen LogP contribution < -0.4 is 0 Å². The second-order valence-corrected chi connectivity index (χ2v) is 10.6. The fraction of sp³-hybridized carbons (Fsp3) is 0.538. The van der Waals surface area contributed by atoms with Gasteiger partial charge in [-0.2, -0.15) is 0 Å². The van der Waals surface area contributed by atoms with Gasteiger partial charge in [-0.15, -0.1) is 0 Å². The standard InChI is InChI=1S/C13H19OPS2/c1-8(2)10-6-7-11(9(3)4)13-12(10)16-15(14-5)17-13/h6-9H,1-5H3. The van der Waals surface area contributed by atoms with Crippen molar-refractivity contribution in [1.29, 1.82) is 0 Å². The SMILES string of the molecule is COP1Sc2c(C(C)C)ccc(C(C)C)c2S1. The molecule has 1 aromatic carbocycles. The minimum atomic E-state index is -0.418. The topological polar surface area (TPSA) is 9.23 Å². The van der Waals surface area contributed by atoms with Gasteiger partial charge >= 0.3 is 0 Å². The first-order valence-electron chi connectivity index (χ1n) is 5.91. The third-order valence-electron chi connectivity index (χ3n) is 2.90. The van der Waals surface area contributed by atoms with Crippen LogP contribution in [0.25, 0.3) is 0 Å². The fourth-order valence-electron chi connectivity index (χ4n) is 1.93. The molecule has 0 saturated heterocycles. The van der Waals surface area contributed by atoms with Crippen molar-refractivity contribution >= 4 is 29.3 Å². The van der Waals surface area contributed by atoms with Crippen LogP contribution >= 0.6 is 29.3 Å². The molecule has 0 radical (unpaired) electrons. The summed E-state index contributed by atoms with van der Waals surface area (Å²) in [4.78, 5) is 2.95. The molecule has 0 bridgehead atoms. The van der Waals surface area contributed by atoms with Gasteiger partial charge in [-0.1, -0.05) is 62.6 Å². The van der Waals surface area contributed by atoms with Crippen molar-refractivity contribution in [2.75, 3.05) is 7.11 Å². The lowest BCUT2D eigenvalue weighted by Gasteiger charge is -2.15. The molecule has 0 aromatic heterocycles. The lowest BCUT2D eigenvalue weighted by atomic mass is 9.97.